The number of fused-ring (bicyclic) bond motifs is 2. The van der Waals surface area contributed by atoms with Crippen LogP contribution in [0.15, 0.2) is 54.7 Å². The maximum atomic E-state index is 12.5. The summed E-state index contributed by atoms with van der Waals surface area (Å²) in [5, 5.41) is 4.33. The molecule has 1 atom stereocenters. The summed E-state index contributed by atoms with van der Waals surface area (Å²) < 4.78 is 0. The van der Waals surface area contributed by atoms with Crippen molar-refractivity contribution < 1.29 is 4.79 Å². The summed E-state index contributed by atoms with van der Waals surface area (Å²) in [6.45, 7) is 3.28. The van der Waals surface area contributed by atoms with Gasteiger partial charge in [-0.05, 0) is 49.4 Å². The number of aromatic nitrogens is 1. The number of benzene rings is 2. The summed E-state index contributed by atoms with van der Waals surface area (Å²) in [6.07, 6.45) is 5.07. The molecule has 1 aromatic heterocycles. The molecule has 0 unspecified atom stereocenters. The van der Waals surface area contributed by atoms with Crippen LogP contribution in [0.3, 0.4) is 0 Å². The Kier molecular flexibility index (Phi) is 4.65. The number of aryl methyl sites for hydroxylation is 1. The van der Waals surface area contributed by atoms with Gasteiger partial charge in [0.05, 0.1) is 6.54 Å². The van der Waals surface area contributed by atoms with Gasteiger partial charge >= 0.3 is 0 Å². The van der Waals surface area contributed by atoms with Gasteiger partial charge in [0.1, 0.15) is 0 Å². The summed E-state index contributed by atoms with van der Waals surface area (Å²) in [5.41, 5.74) is 4.94. The molecule has 134 valence electrons. The molecule has 0 fully saturated rings. The fourth-order valence-corrected chi connectivity index (χ4v) is 3.89. The first-order valence-corrected chi connectivity index (χ1v) is 9.38. The molecular formula is C22H25N3O. The first-order chi connectivity index (χ1) is 12.7. The normalized spacial score (nSPS) is 16.5. The van der Waals surface area contributed by atoms with Gasteiger partial charge in [0.15, 0.2) is 0 Å². The minimum Gasteiger partial charge on any atom is -0.361 e. The minimum atomic E-state index is 0.0911. The van der Waals surface area contributed by atoms with E-state index in [1.165, 1.54) is 22.2 Å². The van der Waals surface area contributed by atoms with Crippen molar-refractivity contribution in [3.63, 3.8) is 0 Å². The Morgan fingerprint density at radius 2 is 2.00 bits per heavy atom. The Balaban J connectivity index is 1.36. The Labute approximate surface area is 154 Å². The van der Waals surface area contributed by atoms with E-state index >= 15 is 0 Å². The van der Waals surface area contributed by atoms with Crippen LogP contribution in [0.1, 0.15) is 24.5 Å². The number of nitrogens with one attached hydrogen (secondary N) is 2. The van der Waals surface area contributed by atoms with Crippen molar-refractivity contribution in [2.75, 3.05) is 18.0 Å². The number of carbonyl (C=O) groups is 1. The number of anilines is 1. The van der Waals surface area contributed by atoms with Crippen LogP contribution in [-0.4, -0.2) is 30.0 Å². The van der Waals surface area contributed by atoms with E-state index in [-0.39, 0.29) is 5.91 Å². The van der Waals surface area contributed by atoms with Crippen LogP contribution in [0.25, 0.3) is 10.9 Å². The average molecular weight is 347 g/mol. The molecule has 1 amide bonds. The van der Waals surface area contributed by atoms with Crippen molar-refractivity contribution in [2.45, 2.75) is 32.2 Å². The number of hydrogen-bond donors (Lipinski definition) is 2. The highest BCUT2D eigenvalue weighted by molar-refractivity contribution is 5.84. The maximum Gasteiger partial charge on any atom is 0.239 e. The van der Waals surface area contributed by atoms with Gasteiger partial charge in [-0.1, -0.05) is 36.4 Å². The Morgan fingerprint density at radius 1 is 1.19 bits per heavy atom. The number of para-hydroxylation sites is 2. The highest BCUT2D eigenvalue weighted by Gasteiger charge is 2.24. The molecule has 4 rings (SSSR count). The third kappa shape index (κ3) is 3.32. The number of carbonyl (C=O) groups excluding carboxylic acids is 1. The zero-order valence-electron chi connectivity index (χ0n) is 15.2. The Hall–Kier alpha value is -2.75. The van der Waals surface area contributed by atoms with Gasteiger partial charge in [-0.15, -0.1) is 0 Å². The second kappa shape index (κ2) is 7.24. The van der Waals surface area contributed by atoms with Crippen LogP contribution in [0, 0.1) is 0 Å². The van der Waals surface area contributed by atoms with Gasteiger partial charge in [0.2, 0.25) is 5.91 Å². The summed E-state index contributed by atoms with van der Waals surface area (Å²) in [7, 11) is 0. The molecule has 0 radical (unpaired) electrons. The second-order valence-electron chi connectivity index (χ2n) is 7.10. The van der Waals surface area contributed by atoms with E-state index in [0.29, 0.717) is 19.1 Å². The lowest BCUT2D eigenvalue weighted by atomic mass is 9.96. The fraction of sp³-hybridized carbons (Fsp3) is 0.318. The molecule has 0 spiro atoms. The van der Waals surface area contributed by atoms with Gasteiger partial charge in [-0.2, -0.15) is 0 Å². The monoisotopic (exact) mass is 347 g/mol. The van der Waals surface area contributed by atoms with Crippen LogP contribution in [-0.2, 0) is 17.6 Å². The molecule has 0 bridgehead atoms. The standard InChI is InChI=1S/C22H25N3O/c1-16-10-11-17-6-2-5-9-21(17)25(16)15-22(26)23-13-12-18-14-24-20-8-4-3-7-19(18)20/h2-9,14,16,24H,10-13,15H2,1H3,(H,23,26)/t16-/m1/s1. The molecule has 0 saturated heterocycles. The molecule has 26 heavy (non-hydrogen) atoms. The molecular weight excluding hydrogens is 322 g/mol. The van der Waals surface area contributed by atoms with Crippen LogP contribution in [0.2, 0.25) is 0 Å². The van der Waals surface area contributed by atoms with Crippen molar-refractivity contribution in [1.82, 2.24) is 10.3 Å². The topological polar surface area (TPSA) is 48.1 Å². The van der Waals surface area contributed by atoms with Gasteiger partial charge < -0.3 is 15.2 Å². The molecule has 4 nitrogen and oxygen atoms in total. The van der Waals surface area contributed by atoms with Gasteiger partial charge in [-0.25, -0.2) is 0 Å². The zero-order valence-corrected chi connectivity index (χ0v) is 15.2. The van der Waals surface area contributed by atoms with E-state index in [1.807, 2.05) is 18.3 Å². The van der Waals surface area contributed by atoms with Gasteiger partial charge in [0.25, 0.3) is 0 Å². The fourth-order valence-electron chi connectivity index (χ4n) is 3.89. The van der Waals surface area contributed by atoms with E-state index in [0.717, 1.165) is 24.8 Å². The number of H-pyrrole nitrogens is 1. The third-order valence-electron chi connectivity index (χ3n) is 5.37. The molecule has 1 aliphatic heterocycles. The minimum absolute atomic E-state index is 0.0911. The van der Waals surface area contributed by atoms with Crippen LogP contribution < -0.4 is 10.2 Å². The van der Waals surface area contributed by atoms with E-state index < -0.39 is 0 Å². The molecule has 2 heterocycles. The predicted octanol–water partition coefficient (Wildman–Crippen LogP) is 3.67. The lowest BCUT2D eigenvalue weighted by Gasteiger charge is -2.36. The largest absolute Gasteiger partial charge is 0.361 e. The highest BCUT2D eigenvalue weighted by atomic mass is 16.2. The molecule has 0 aliphatic carbocycles. The summed E-state index contributed by atoms with van der Waals surface area (Å²) >= 11 is 0. The average Bonchev–Trinajstić information content (AvgIpc) is 3.07. The second-order valence-corrected chi connectivity index (χ2v) is 7.10. The van der Waals surface area contributed by atoms with E-state index in [4.69, 9.17) is 0 Å². The third-order valence-corrected chi connectivity index (χ3v) is 5.37. The van der Waals surface area contributed by atoms with Crippen LogP contribution >= 0.6 is 0 Å². The maximum absolute atomic E-state index is 12.5. The van der Waals surface area contributed by atoms with Crippen molar-refractivity contribution in [3.05, 3.63) is 65.9 Å². The molecule has 2 aromatic carbocycles. The smallest absolute Gasteiger partial charge is 0.239 e. The van der Waals surface area contributed by atoms with E-state index in [1.54, 1.807) is 0 Å². The van der Waals surface area contributed by atoms with Crippen LogP contribution in [0.4, 0.5) is 5.69 Å². The summed E-state index contributed by atoms with van der Waals surface area (Å²) in [6, 6.07) is 17.1. The first kappa shape index (κ1) is 16.7. The molecule has 3 aromatic rings. The number of aromatic amines is 1. The predicted molar refractivity (Wildman–Crippen MR) is 107 cm³/mol. The molecule has 2 N–H and O–H groups in total. The van der Waals surface area contributed by atoms with Crippen molar-refractivity contribution >= 4 is 22.5 Å². The molecule has 0 saturated carbocycles. The lowest BCUT2D eigenvalue weighted by molar-refractivity contribution is -0.119. The van der Waals surface area contributed by atoms with E-state index in [2.05, 4.69) is 58.5 Å². The first-order valence-electron chi connectivity index (χ1n) is 9.38. The van der Waals surface area contributed by atoms with Crippen LogP contribution in [0.5, 0.6) is 0 Å². The molecule has 4 heteroatoms. The van der Waals surface area contributed by atoms with E-state index in [9.17, 15) is 4.79 Å². The van der Waals surface area contributed by atoms with Crippen molar-refractivity contribution in [1.29, 1.82) is 0 Å². The molecule has 1 aliphatic rings. The van der Waals surface area contributed by atoms with Crippen molar-refractivity contribution in [3.8, 4) is 0 Å². The number of amides is 1. The number of nitrogens with zero attached hydrogens (tertiary/aromatic N) is 1. The van der Waals surface area contributed by atoms with Crippen molar-refractivity contribution in [2.24, 2.45) is 0 Å². The summed E-state index contributed by atoms with van der Waals surface area (Å²) in [4.78, 5) is 18.0. The zero-order chi connectivity index (χ0) is 17.9. The number of rotatable bonds is 5. The van der Waals surface area contributed by atoms with Gasteiger partial charge in [-0.3, -0.25) is 4.79 Å². The highest BCUT2D eigenvalue weighted by Crippen LogP contribution is 2.29. The summed E-state index contributed by atoms with van der Waals surface area (Å²) in [5.74, 6) is 0.0911. The number of hydrogen-bond acceptors (Lipinski definition) is 2. The quantitative estimate of drug-likeness (QED) is 0.740. The SMILES string of the molecule is C[C@@H]1CCc2ccccc2N1CC(=O)NCCc1c[nH]c2ccccc12. The van der Waals surface area contributed by atoms with Gasteiger partial charge in [0, 0.05) is 35.4 Å². The Bertz CT molecular complexity index is 914. The Morgan fingerprint density at radius 3 is 2.92 bits per heavy atom. The lowest BCUT2D eigenvalue weighted by Crippen LogP contribution is -2.44.